The lowest BCUT2D eigenvalue weighted by atomic mass is 9.98. The Labute approximate surface area is 265 Å². The number of nitrogens with zero attached hydrogens (tertiary/aromatic N) is 5. The molecule has 12 nitrogen and oxygen atoms in total. The summed E-state index contributed by atoms with van der Waals surface area (Å²) in [5.74, 6) is 2.94. The fourth-order valence-corrected chi connectivity index (χ4v) is 4.85. The van der Waals surface area contributed by atoms with Crippen LogP contribution in [0.25, 0.3) is 0 Å². The first-order chi connectivity index (χ1) is 22.1. The summed E-state index contributed by atoms with van der Waals surface area (Å²) in [5.41, 5.74) is -2.71. The molecule has 2 aliphatic heterocycles. The van der Waals surface area contributed by atoms with E-state index in [4.69, 9.17) is 5.26 Å². The maximum Gasteiger partial charge on any atom is 0.419 e. The van der Waals surface area contributed by atoms with Crippen LogP contribution in [0.2, 0.25) is 0 Å². The molecule has 0 bridgehead atoms. The van der Waals surface area contributed by atoms with Crippen molar-refractivity contribution in [1.29, 1.82) is 5.26 Å². The molecule has 242 valence electrons. The molecule has 4 heterocycles. The molecule has 3 N–H and O–H groups in total. The first-order valence-electron chi connectivity index (χ1n) is 14.2. The number of piperidine rings is 1. The minimum absolute atomic E-state index is 0.0227. The number of benzene rings is 1. The second kappa shape index (κ2) is 12.6. The van der Waals surface area contributed by atoms with Crippen molar-refractivity contribution >= 4 is 35.0 Å². The van der Waals surface area contributed by atoms with Crippen LogP contribution < -0.4 is 20.9 Å². The number of amides is 4. The number of nitrogens with one attached hydrogen (secondary N) is 3. The quantitative estimate of drug-likeness (QED) is 0.209. The van der Waals surface area contributed by atoms with Crippen LogP contribution in [0.5, 0.6) is 0 Å². The average molecular weight is 651 g/mol. The fraction of sp³-hybridized carbons (Fsp3) is 0.323. The van der Waals surface area contributed by atoms with Crippen LogP contribution in [-0.4, -0.2) is 57.5 Å². The van der Waals surface area contributed by atoms with Gasteiger partial charge in [-0.15, -0.1) is 0 Å². The third kappa shape index (κ3) is 7.22. The predicted octanol–water partition coefficient (Wildman–Crippen LogP) is 2.70. The first kappa shape index (κ1) is 32.6. The number of hydrogen-bond acceptors (Lipinski definition) is 8. The molecule has 2 saturated heterocycles. The van der Waals surface area contributed by atoms with Gasteiger partial charge in [-0.25, -0.2) is 9.37 Å². The van der Waals surface area contributed by atoms with E-state index in [9.17, 15) is 36.7 Å². The van der Waals surface area contributed by atoms with Gasteiger partial charge < -0.3 is 15.5 Å². The van der Waals surface area contributed by atoms with E-state index in [1.807, 2.05) is 4.90 Å². The summed E-state index contributed by atoms with van der Waals surface area (Å²) in [6.45, 7) is 3.89. The highest BCUT2D eigenvalue weighted by Crippen LogP contribution is 2.33. The summed E-state index contributed by atoms with van der Waals surface area (Å²) >= 11 is 0. The monoisotopic (exact) mass is 650 g/mol. The standard InChI is InChI=1S/C31H26F4N8O4/c1-30(2,29(47)39-21-10-23(31(33,34)35)25(11-36)37-13-21)43-16-17(12-38-43)3-4-18-14-42(15-18)22-8-19(7-20(32)9-22)27(45)40-24-5-6-26(44)41-28(24)46/h7-10,12-13,16,18,24H,5-6,14-15H2,1-2H3,(H,39,47)(H,40,45)(H,41,44,46). The molecule has 2 aliphatic rings. The molecule has 1 aromatic carbocycles. The van der Waals surface area contributed by atoms with Crippen molar-refractivity contribution in [2.75, 3.05) is 23.3 Å². The molecular weight excluding hydrogens is 624 g/mol. The lowest BCUT2D eigenvalue weighted by Gasteiger charge is -2.38. The van der Waals surface area contributed by atoms with E-state index in [0.717, 1.165) is 12.3 Å². The first-order valence-corrected chi connectivity index (χ1v) is 14.2. The smallest absolute Gasteiger partial charge is 0.369 e. The topological polar surface area (TPSA) is 162 Å². The zero-order valence-electron chi connectivity index (χ0n) is 24.9. The van der Waals surface area contributed by atoms with Crippen molar-refractivity contribution in [1.82, 2.24) is 25.4 Å². The molecule has 47 heavy (non-hydrogen) atoms. The number of imide groups is 1. The highest BCUT2D eigenvalue weighted by Gasteiger charge is 2.36. The summed E-state index contributed by atoms with van der Waals surface area (Å²) in [6.07, 6.45) is -0.689. The zero-order valence-corrected chi connectivity index (χ0v) is 24.9. The van der Waals surface area contributed by atoms with Gasteiger partial charge in [0.15, 0.2) is 5.69 Å². The number of carbonyl (C=O) groups is 4. The fourth-order valence-electron chi connectivity index (χ4n) is 4.85. The Balaban J connectivity index is 1.19. The number of hydrogen-bond donors (Lipinski definition) is 3. The Hall–Kier alpha value is -5.77. The van der Waals surface area contributed by atoms with Gasteiger partial charge in [0.2, 0.25) is 11.8 Å². The van der Waals surface area contributed by atoms with Gasteiger partial charge in [0.1, 0.15) is 23.5 Å². The molecule has 2 aromatic heterocycles. The van der Waals surface area contributed by atoms with Crippen molar-refractivity contribution in [2.24, 2.45) is 5.92 Å². The minimum atomic E-state index is -4.84. The highest BCUT2D eigenvalue weighted by molar-refractivity contribution is 6.04. The summed E-state index contributed by atoms with van der Waals surface area (Å²) in [6, 6.07) is 4.97. The molecule has 5 rings (SSSR count). The number of halogens is 4. The summed E-state index contributed by atoms with van der Waals surface area (Å²) in [5, 5.41) is 20.2. The molecule has 0 aliphatic carbocycles. The Morgan fingerprint density at radius 3 is 2.53 bits per heavy atom. The Bertz CT molecular complexity index is 1880. The molecule has 2 fully saturated rings. The van der Waals surface area contributed by atoms with Gasteiger partial charge in [-0.05, 0) is 44.5 Å². The van der Waals surface area contributed by atoms with E-state index < -0.39 is 58.5 Å². The second-order valence-corrected chi connectivity index (χ2v) is 11.5. The Morgan fingerprint density at radius 1 is 1.11 bits per heavy atom. The van der Waals surface area contributed by atoms with Gasteiger partial charge in [-0.2, -0.15) is 23.5 Å². The number of pyridine rings is 1. The van der Waals surface area contributed by atoms with Crippen LogP contribution in [0.4, 0.5) is 28.9 Å². The molecule has 0 radical (unpaired) electrons. The van der Waals surface area contributed by atoms with Crippen molar-refractivity contribution in [3.05, 3.63) is 71.1 Å². The number of nitriles is 1. The summed E-state index contributed by atoms with van der Waals surface area (Å²) < 4.78 is 55.6. The molecule has 3 aromatic rings. The van der Waals surface area contributed by atoms with Crippen molar-refractivity contribution < 1.29 is 36.7 Å². The summed E-state index contributed by atoms with van der Waals surface area (Å²) in [7, 11) is 0. The lowest BCUT2D eigenvalue weighted by Crippen LogP contribution is -2.52. The number of rotatable bonds is 6. The van der Waals surface area contributed by atoms with Crippen LogP contribution in [-0.2, 0) is 26.1 Å². The highest BCUT2D eigenvalue weighted by atomic mass is 19.4. The van der Waals surface area contributed by atoms with Gasteiger partial charge in [0.25, 0.3) is 11.8 Å². The Morgan fingerprint density at radius 2 is 1.85 bits per heavy atom. The molecule has 4 amide bonds. The van der Waals surface area contributed by atoms with E-state index in [1.54, 1.807) is 0 Å². The number of carbonyl (C=O) groups excluding carboxylic acids is 4. The average Bonchev–Trinajstić information content (AvgIpc) is 3.47. The van der Waals surface area contributed by atoms with E-state index in [2.05, 4.69) is 37.9 Å². The van der Waals surface area contributed by atoms with Crippen LogP contribution in [0.15, 0.2) is 42.9 Å². The van der Waals surface area contributed by atoms with Crippen LogP contribution in [0.3, 0.4) is 0 Å². The van der Waals surface area contributed by atoms with Gasteiger partial charge >= 0.3 is 6.18 Å². The van der Waals surface area contributed by atoms with Gasteiger partial charge in [0.05, 0.1) is 35.1 Å². The number of anilines is 2. The molecule has 16 heteroatoms. The normalized spacial score (nSPS) is 16.7. The third-order valence-electron chi connectivity index (χ3n) is 7.62. The maximum absolute atomic E-state index is 14.4. The lowest BCUT2D eigenvalue weighted by molar-refractivity contribution is -0.138. The largest absolute Gasteiger partial charge is 0.419 e. The SMILES string of the molecule is CC(C)(C(=O)Nc1cnc(C#N)c(C(F)(F)F)c1)n1cc(C#CC2CN(c3cc(F)cc(C(=O)NC4CCC(=O)NC4=O)c3)C2)cn1. The van der Waals surface area contributed by atoms with Gasteiger partial charge in [-0.1, -0.05) is 11.8 Å². The number of alkyl halides is 3. The van der Waals surface area contributed by atoms with Gasteiger partial charge in [-0.3, -0.25) is 29.2 Å². The van der Waals surface area contributed by atoms with Crippen LogP contribution in [0, 0.1) is 34.9 Å². The molecule has 0 spiro atoms. The molecule has 0 saturated carbocycles. The Kier molecular flexibility index (Phi) is 8.71. The minimum Gasteiger partial charge on any atom is -0.369 e. The van der Waals surface area contributed by atoms with E-state index >= 15 is 0 Å². The second-order valence-electron chi connectivity index (χ2n) is 11.5. The van der Waals surface area contributed by atoms with Crippen molar-refractivity contribution in [3.63, 3.8) is 0 Å². The van der Waals surface area contributed by atoms with Crippen molar-refractivity contribution in [2.45, 2.75) is 44.4 Å². The molecule has 1 atom stereocenters. The van der Waals surface area contributed by atoms with E-state index in [-0.39, 0.29) is 30.0 Å². The third-order valence-corrected chi connectivity index (χ3v) is 7.62. The van der Waals surface area contributed by atoms with Crippen molar-refractivity contribution in [3.8, 4) is 17.9 Å². The maximum atomic E-state index is 14.4. The zero-order chi connectivity index (χ0) is 34.1. The van der Waals surface area contributed by atoms with Crippen LogP contribution >= 0.6 is 0 Å². The predicted molar refractivity (Wildman–Crippen MR) is 157 cm³/mol. The van der Waals surface area contributed by atoms with E-state index in [0.29, 0.717) is 30.4 Å². The molecular formula is C31H26F4N8O4. The van der Waals surface area contributed by atoms with Gasteiger partial charge in [0, 0.05) is 37.0 Å². The summed E-state index contributed by atoms with van der Waals surface area (Å²) in [4.78, 5) is 54.3. The van der Waals surface area contributed by atoms with Crippen LogP contribution in [0.1, 0.15) is 53.9 Å². The van der Waals surface area contributed by atoms with E-state index in [1.165, 1.54) is 49.1 Å². The molecule has 1 unspecified atom stereocenters. The number of aromatic nitrogens is 3.